The molecular weight excluding hydrogens is 231 g/mol. The Labute approximate surface area is 102 Å². The summed E-state index contributed by atoms with van der Waals surface area (Å²) in [5.41, 5.74) is 1.10. The second kappa shape index (κ2) is 5.03. The minimum atomic E-state index is -2.52. The number of hydrogen-bond acceptors (Lipinski definition) is 2. The largest absolute Gasteiger partial charge is 0.329 e. The molecular formula is C14H17O2P. The first-order valence-corrected chi connectivity index (χ1v) is 8.06. The lowest BCUT2D eigenvalue weighted by Crippen LogP contribution is -1.93. The molecule has 2 aromatic carbocycles. The first kappa shape index (κ1) is 12.3. The fourth-order valence-electron chi connectivity index (χ4n) is 2.06. The van der Waals surface area contributed by atoms with Crippen LogP contribution in [0.2, 0.25) is 0 Å². The van der Waals surface area contributed by atoms with E-state index >= 15 is 0 Å². The average Bonchev–Trinajstić information content (AvgIpc) is 2.29. The van der Waals surface area contributed by atoms with Crippen molar-refractivity contribution in [3.63, 3.8) is 0 Å². The molecule has 0 spiro atoms. The molecule has 0 N–H and O–H groups in total. The van der Waals surface area contributed by atoms with Gasteiger partial charge < -0.3 is 4.52 Å². The van der Waals surface area contributed by atoms with E-state index in [1.54, 1.807) is 6.66 Å². The maximum absolute atomic E-state index is 12.2. The molecule has 17 heavy (non-hydrogen) atoms. The van der Waals surface area contributed by atoms with E-state index in [9.17, 15) is 4.57 Å². The molecule has 0 saturated heterocycles. The summed E-state index contributed by atoms with van der Waals surface area (Å²) < 4.78 is 17.5. The summed E-state index contributed by atoms with van der Waals surface area (Å²) in [6.07, 6.45) is 0.502. The molecule has 0 radical (unpaired) electrons. The van der Waals surface area contributed by atoms with Crippen LogP contribution in [0.25, 0.3) is 10.8 Å². The number of fused-ring (bicyclic) bond motifs is 1. The van der Waals surface area contributed by atoms with E-state index in [1.165, 1.54) is 5.39 Å². The molecule has 0 amide bonds. The minimum absolute atomic E-state index is 0.499. The van der Waals surface area contributed by atoms with Gasteiger partial charge in [0.05, 0.1) is 12.8 Å². The average molecular weight is 248 g/mol. The van der Waals surface area contributed by atoms with E-state index in [0.717, 1.165) is 10.9 Å². The van der Waals surface area contributed by atoms with Crippen LogP contribution in [0, 0.1) is 0 Å². The van der Waals surface area contributed by atoms with E-state index in [2.05, 4.69) is 18.2 Å². The molecule has 0 aliphatic heterocycles. The molecule has 0 saturated carbocycles. The molecule has 0 fully saturated rings. The normalized spacial score (nSPS) is 14.7. The zero-order valence-electron chi connectivity index (χ0n) is 10.2. The maximum Gasteiger partial charge on any atom is 0.204 e. The molecule has 0 bridgehead atoms. The number of benzene rings is 2. The molecule has 90 valence electrons. The zero-order valence-corrected chi connectivity index (χ0v) is 11.1. The molecule has 0 aliphatic carbocycles. The second-order valence-corrected chi connectivity index (χ2v) is 6.83. The summed E-state index contributed by atoms with van der Waals surface area (Å²) in [5.74, 6) is 0. The second-order valence-electron chi connectivity index (χ2n) is 4.23. The Kier molecular flexibility index (Phi) is 3.66. The third kappa shape index (κ3) is 2.96. The molecule has 2 nitrogen and oxygen atoms in total. The lowest BCUT2D eigenvalue weighted by molar-refractivity contribution is 0.336. The zero-order chi connectivity index (χ0) is 12.3. The molecule has 3 heteroatoms. The molecule has 2 aromatic rings. The van der Waals surface area contributed by atoms with Crippen molar-refractivity contribution in [3.05, 3.63) is 48.0 Å². The summed E-state index contributed by atoms with van der Waals surface area (Å²) in [5, 5.41) is 2.35. The van der Waals surface area contributed by atoms with Gasteiger partial charge >= 0.3 is 0 Å². The van der Waals surface area contributed by atoms with Crippen LogP contribution in [0.4, 0.5) is 0 Å². The fraction of sp³-hybridized carbons (Fsp3) is 0.286. The van der Waals surface area contributed by atoms with E-state index in [4.69, 9.17) is 4.52 Å². The molecule has 0 heterocycles. The Bertz CT molecular complexity index is 558. The monoisotopic (exact) mass is 248 g/mol. The highest BCUT2D eigenvalue weighted by Gasteiger charge is 2.17. The minimum Gasteiger partial charge on any atom is -0.329 e. The van der Waals surface area contributed by atoms with Crippen molar-refractivity contribution in [1.29, 1.82) is 0 Å². The Morgan fingerprint density at radius 2 is 1.82 bits per heavy atom. The number of hydrogen-bond donors (Lipinski definition) is 0. The van der Waals surface area contributed by atoms with Gasteiger partial charge in [-0.25, -0.2) is 0 Å². The van der Waals surface area contributed by atoms with Crippen LogP contribution >= 0.6 is 7.37 Å². The first-order chi connectivity index (χ1) is 8.12. The van der Waals surface area contributed by atoms with Gasteiger partial charge in [-0.15, -0.1) is 0 Å². The van der Waals surface area contributed by atoms with E-state index < -0.39 is 7.37 Å². The van der Waals surface area contributed by atoms with Crippen LogP contribution < -0.4 is 0 Å². The lowest BCUT2D eigenvalue weighted by atomic mass is 10.1. The van der Waals surface area contributed by atoms with E-state index in [0.29, 0.717) is 12.8 Å². The Balaban J connectivity index is 2.39. The van der Waals surface area contributed by atoms with Gasteiger partial charge in [-0.1, -0.05) is 42.5 Å². The third-order valence-corrected chi connectivity index (χ3v) is 4.46. The molecule has 1 atom stereocenters. The van der Waals surface area contributed by atoms with Gasteiger partial charge in [0.1, 0.15) is 0 Å². The highest BCUT2D eigenvalue weighted by atomic mass is 31.2. The summed E-state index contributed by atoms with van der Waals surface area (Å²) in [7, 11) is -2.52. The summed E-state index contributed by atoms with van der Waals surface area (Å²) in [6, 6.07) is 14.3. The predicted octanol–water partition coefficient (Wildman–Crippen LogP) is 4.28. The van der Waals surface area contributed by atoms with Gasteiger partial charge in [0.25, 0.3) is 0 Å². The van der Waals surface area contributed by atoms with Gasteiger partial charge in [0, 0.05) is 6.66 Å². The summed E-state index contributed by atoms with van der Waals surface area (Å²) in [6.45, 7) is 4.08. The Morgan fingerprint density at radius 3 is 2.59 bits per heavy atom. The summed E-state index contributed by atoms with van der Waals surface area (Å²) >= 11 is 0. The maximum atomic E-state index is 12.2. The fourth-order valence-corrected chi connectivity index (χ4v) is 3.59. The van der Waals surface area contributed by atoms with Crippen LogP contribution in [-0.2, 0) is 15.3 Å². The van der Waals surface area contributed by atoms with Crippen molar-refractivity contribution < 1.29 is 9.09 Å². The van der Waals surface area contributed by atoms with Crippen molar-refractivity contribution in [2.75, 3.05) is 13.3 Å². The molecule has 2 rings (SSSR count). The lowest BCUT2D eigenvalue weighted by Gasteiger charge is -2.14. The Morgan fingerprint density at radius 1 is 1.12 bits per heavy atom. The smallest absolute Gasteiger partial charge is 0.204 e. The highest BCUT2D eigenvalue weighted by molar-refractivity contribution is 7.57. The predicted molar refractivity (Wildman–Crippen MR) is 72.8 cm³/mol. The summed E-state index contributed by atoms with van der Waals surface area (Å²) in [4.78, 5) is 0. The standard InChI is InChI=1S/C14H17O2P/c1-3-16-17(2,15)11-13-9-6-8-12-7-4-5-10-14(12)13/h4-10H,3,11H2,1-2H3. The van der Waals surface area contributed by atoms with Crippen molar-refractivity contribution >= 4 is 18.1 Å². The van der Waals surface area contributed by atoms with Gasteiger partial charge in [-0.05, 0) is 23.3 Å². The first-order valence-electron chi connectivity index (χ1n) is 5.80. The quantitative estimate of drug-likeness (QED) is 0.755. The molecule has 0 aliphatic rings. The van der Waals surface area contributed by atoms with Gasteiger partial charge in [-0.2, -0.15) is 0 Å². The van der Waals surface area contributed by atoms with E-state index in [-0.39, 0.29) is 0 Å². The third-order valence-electron chi connectivity index (χ3n) is 2.74. The van der Waals surface area contributed by atoms with Gasteiger partial charge in [-0.3, -0.25) is 4.57 Å². The van der Waals surface area contributed by atoms with Crippen LogP contribution in [0.1, 0.15) is 12.5 Å². The Hall–Kier alpha value is -1.11. The van der Waals surface area contributed by atoms with Crippen LogP contribution in [-0.4, -0.2) is 13.3 Å². The van der Waals surface area contributed by atoms with Crippen LogP contribution in [0.5, 0.6) is 0 Å². The van der Waals surface area contributed by atoms with Crippen molar-refractivity contribution in [3.8, 4) is 0 Å². The van der Waals surface area contributed by atoms with E-state index in [1.807, 2.05) is 31.2 Å². The van der Waals surface area contributed by atoms with Crippen molar-refractivity contribution in [1.82, 2.24) is 0 Å². The van der Waals surface area contributed by atoms with Crippen LogP contribution in [0.15, 0.2) is 42.5 Å². The topological polar surface area (TPSA) is 26.3 Å². The van der Waals surface area contributed by atoms with Crippen LogP contribution in [0.3, 0.4) is 0 Å². The van der Waals surface area contributed by atoms with Crippen molar-refractivity contribution in [2.45, 2.75) is 13.1 Å². The molecule has 1 unspecified atom stereocenters. The van der Waals surface area contributed by atoms with Crippen molar-refractivity contribution in [2.24, 2.45) is 0 Å². The molecule has 0 aromatic heterocycles. The number of rotatable bonds is 4. The highest BCUT2D eigenvalue weighted by Crippen LogP contribution is 2.47. The van der Waals surface area contributed by atoms with Gasteiger partial charge in [0.15, 0.2) is 0 Å². The van der Waals surface area contributed by atoms with Gasteiger partial charge in [0.2, 0.25) is 7.37 Å². The SMILES string of the molecule is CCOP(C)(=O)Cc1cccc2ccccc12.